The highest BCUT2D eigenvalue weighted by molar-refractivity contribution is 5.18. The van der Waals surface area contributed by atoms with Crippen LogP contribution in [0.2, 0.25) is 0 Å². The molecule has 0 aliphatic carbocycles. The first kappa shape index (κ1) is 15.4. The summed E-state index contributed by atoms with van der Waals surface area (Å²) >= 11 is 0. The molecule has 2 rings (SSSR count). The van der Waals surface area contributed by atoms with E-state index >= 15 is 0 Å². The predicted octanol–water partition coefficient (Wildman–Crippen LogP) is 2.76. The Morgan fingerprint density at radius 1 is 1.19 bits per heavy atom. The van der Waals surface area contributed by atoms with Gasteiger partial charge in [-0.1, -0.05) is 6.92 Å². The van der Waals surface area contributed by atoms with E-state index in [2.05, 4.69) is 48.1 Å². The second-order valence-electron chi connectivity index (χ2n) is 6.02. The van der Waals surface area contributed by atoms with Gasteiger partial charge in [-0.05, 0) is 27.2 Å². The minimum atomic E-state index is 0.0725. The maximum atomic E-state index is 5.58. The maximum absolute atomic E-state index is 5.58. The molecule has 0 unspecified atom stereocenters. The quantitative estimate of drug-likeness (QED) is 0.886. The number of nitrogens with one attached hydrogen (secondary N) is 1. The van der Waals surface area contributed by atoms with Gasteiger partial charge >= 0.3 is 6.01 Å². The lowest BCUT2D eigenvalue weighted by molar-refractivity contribution is 0.419. The van der Waals surface area contributed by atoms with Crippen molar-refractivity contribution in [1.29, 1.82) is 0 Å². The van der Waals surface area contributed by atoms with Crippen molar-refractivity contribution in [2.75, 3.05) is 0 Å². The predicted molar refractivity (Wildman–Crippen MR) is 81.2 cm³/mol. The van der Waals surface area contributed by atoms with Crippen LogP contribution in [-0.2, 0) is 13.1 Å². The van der Waals surface area contributed by atoms with Crippen molar-refractivity contribution in [3.8, 4) is 11.8 Å². The van der Waals surface area contributed by atoms with E-state index in [1.165, 1.54) is 0 Å². The summed E-state index contributed by atoms with van der Waals surface area (Å²) < 4.78 is 7.42. The third-order valence-corrected chi connectivity index (χ3v) is 2.78. The lowest BCUT2D eigenvalue weighted by Gasteiger charge is -2.20. The molecule has 0 spiro atoms. The Labute approximate surface area is 125 Å². The van der Waals surface area contributed by atoms with Gasteiger partial charge in [0, 0.05) is 36.6 Å². The third kappa shape index (κ3) is 5.15. The van der Waals surface area contributed by atoms with Crippen molar-refractivity contribution in [2.45, 2.75) is 52.7 Å². The molecule has 2 aromatic heterocycles. The van der Waals surface area contributed by atoms with E-state index in [-0.39, 0.29) is 5.54 Å². The van der Waals surface area contributed by atoms with Crippen molar-refractivity contribution in [3.05, 3.63) is 30.4 Å². The average molecular weight is 289 g/mol. The molecule has 114 valence electrons. The molecule has 6 nitrogen and oxygen atoms in total. The molecular weight excluding hydrogens is 266 g/mol. The summed E-state index contributed by atoms with van der Waals surface area (Å²) in [4.78, 5) is 8.44. The van der Waals surface area contributed by atoms with Gasteiger partial charge in [0.1, 0.15) is 0 Å². The molecule has 0 bridgehead atoms. The van der Waals surface area contributed by atoms with E-state index in [0.717, 1.165) is 25.1 Å². The number of aryl methyl sites for hydroxylation is 1. The maximum Gasteiger partial charge on any atom is 0.321 e. The van der Waals surface area contributed by atoms with Gasteiger partial charge in [0.25, 0.3) is 0 Å². The molecule has 0 radical (unpaired) electrons. The Balaban J connectivity index is 1.92. The standard InChI is InChI=1S/C15H23N5O/c1-5-6-20-11-13(10-19-20)21-14-16-7-12(8-17-14)9-18-15(2,3)4/h7-8,10-11,18H,5-6,9H2,1-4H3. The molecule has 0 fully saturated rings. The zero-order valence-corrected chi connectivity index (χ0v) is 13.1. The fourth-order valence-corrected chi connectivity index (χ4v) is 1.71. The van der Waals surface area contributed by atoms with Crippen LogP contribution in [0.5, 0.6) is 11.8 Å². The van der Waals surface area contributed by atoms with Crippen molar-refractivity contribution in [1.82, 2.24) is 25.1 Å². The summed E-state index contributed by atoms with van der Waals surface area (Å²) in [6, 6.07) is 0.338. The van der Waals surface area contributed by atoms with E-state index in [0.29, 0.717) is 11.8 Å². The fourth-order valence-electron chi connectivity index (χ4n) is 1.71. The van der Waals surface area contributed by atoms with Crippen LogP contribution < -0.4 is 10.1 Å². The highest BCUT2D eigenvalue weighted by Crippen LogP contribution is 2.16. The summed E-state index contributed by atoms with van der Waals surface area (Å²) in [6.07, 6.45) is 8.11. The molecule has 0 aliphatic rings. The molecule has 2 heterocycles. The van der Waals surface area contributed by atoms with Gasteiger partial charge < -0.3 is 10.1 Å². The number of ether oxygens (including phenoxy) is 1. The van der Waals surface area contributed by atoms with Gasteiger partial charge in [0.05, 0.1) is 12.4 Å². The Morgan fingerprint density at radius 3 is 2.52 bits per heavy atom. The number of hydrogen-bond donors (Lipinski definition) is 1. The average Bonchev–Trinajstić information content (AvgIpc) is 2.85. The molecule has 0 aliphatic heterocycles. The van der Waals surface area contributed by atoms with Crippen LogP contribution in [0.3, 0.4) is 0 Å². The van der Waals surface area contributed by atoms with Crippen LogP contribution in [0.4, 0.5) is 0 Å². The number of nitrogens with zero attached hydrogens (tertiary/aromatic N) is 4. The minimum absolute atomic E-state index is 0.0725. The topological polar surface area (TPSA) is 64.9 Å². The normalized spacial score (nSPS) is 11.6. The molecule has 6 heteroatoms. The number of rotatable bonds is 6. The van der Waals surface area contributed by atoms with Crippen molar-refractivity contribution < 1.29 is 4.74 Å². The van der Waals surface area contributed by atoms with Gasteiger partial charge in [-0.15, -0.1) is 0 Å². The first-order chi connectivity index (χ1) is 9.96. The first-order valence-corrected chi connectivity index (χ1v) is 7.22. The molecule has 0 aromatic carbocycles. The highest BCUT2D eigenvalue weighted by atomic mass is 16.5. The zero-order valence-electron chi connectivity index (χ0n) is 13.1. The summed E-state index contributed by atoms with van der Waals surface area (Å²) in [6.45, 7) is 10.1. The number of hydrogen-bond acceptors (Lipinski definition) is 5. The monoisotopic (exact) mass is 289 g/mol. The molecule has 21 heavy (non-hydrogen) atoms. The van der Waals surface area contributed by atoms with Gasteiger partial charge in [-0.25, -0.2) is 9.97 Å². The van der Waals surface area contributed by atoms with E-state index in [1.54, 1.807) is 18.6 Å². The van der Waals surface area contributed by atoms with Gasteiger partial charge in [-0.2, -0.15) is 5.10 Å². The summed E-state index contributed by atoms with van der Waals surface area (Å²) in [5, 5.41) is 7.59. The van der Waals surface area contributed by atoms with Crippen LogP contribution in [0.25, 0.3) is 0 Å². The van der Waals surface area contributed by atoms with Crippen LogP contribution in [-0.4, -0.2) is 25.3 Å². The molecule has 0 amide bonds. The summed E-state index contributed by atoms with van der Waals surface area (Å²) in [5.74, 6) is 0.656. The lowest BCUT2D eigenvalue weighted by Crippen LogP contribution is -2.35. The first-order valence-electron chi connectivity index (χ1n) is 7.22. The molecule has 2 aromatic rings. The molecule has 0 saturated heterocycles. The molecular formula is C15H23N5O. The van der Waals surface area contributed by atoms with Crippen molar-refractivity contribution in [3.63, 3.8) is 0 Å². The Morgan fingerprint density at radius 2 is 1.90 bits per heavy atom. The van der Waals surface area contributed by atoms with Crippen molar-refractivity contribution in [2.24, 2.45) is 0 Å². The molecule has 1 N–H and O–H groups in total. The second-order valence-corrected chi connectivity index (χ2v) is 6.02. The summed E-state index contributed by atoms with van der Waals surface area (Å²) in [5.41, 5.74) is 1.10. The van der Waals surface area contributed by atoms with Gasteiger partial charge in [0.15, 0.2) is 5.75 Å². The SMILES string of the molecule is CCCn1cc(Oc2ncc(CNC(C)(C)C)cn2)cn1. The van der Waals surface area contributed by atoms with E-state index in [1.807, 2.05) is 10.9 Å². The van der Waals surface area contributed by atoms with Crippen LogP contribution in [0.1, 0.15) is 39.7 Å². The Kier molecular flexibility index (Phi) is 4.90. The smallest absolute Gasteiger partial charge is 0.321 e. The highest BCUT2D eigenvalue weighted by Gasteiger charge is 2.09. The lowest BCUT2D eigenvalue weighted by atomic mass is 10.1. The van der Waals surface area contributed by atoms with Crippen molar-refractivity contribution >= 4 is 0 Å². The summed E-state index contributed by atoms with van der Waals surface area (Å²) in [7, 11) is 0. The minimum Gasteiger partial charge on any atom is -0.421 e. The molecule has 0 saturated carbocycles. The third-order valence-electron chi connectivity index (χ3n) is 2.78. The van der Waals surface area contributed by atoms with E-state index in [9.17, 15) is 0 Å². The van der Waals surface area contributed by atoms with Crippen LogP contribution in [0, 0.1) is 0 Å². The number of aromatic nitrogens is 4. The van der Waals surface area contributed by atoms with E-state index < -0.39 is 0 Å². The Bertz CT molecular complexity index is 556. The molecule has 0 atom stereocenters. The van der Waals surface area contributed by atoms with Crippen LogP contribution >= 0.6 is 0 Å². The van der Waals surface area contributed by atoms with Crippen LogP contribution in [0.15, 0.2) is 24.8 Å². The largest absolute Gasteiger partial charge is 0.421 e. The zero-order chi connectivity index (χ0) is 15.3. The Hall–Kier alpha value is -1.95. The van der Waals surface area contributed by atoms with Gasteiger partial charge in [0.2, 0.25) is 0 Å². The van der Waals surface area contributed by atoms with E-state index in [4.69, 9.17) is 4.74 Å². The van der Waals surface area contributed by atoms with Gasteiger partial charge in [-0.3, -0.25) is 4.68 Å². The second kappa shape index (κ2) is 6.67. The fraction of sp³-hybridized carbons (Fsp3) is 0.533.